The number of nitrogens with one attached hydrogen (secondary N) is 1. The largest absolute Gasteiger partial charge is 0.378 e. The summed E-state index contributed by atoms with van der Waals surface area (Å²) in [6, 6.07) is 16.5. The molecule has 0 amide bonds. The van der Waals surface area contributed by atoms with E-state index in [2.05, 4.69) is 34.5 Å². The Bertz CT molecular complexity index is 524. The van der Waals surface area contributed by atoms with E-state index < -0.39 is 0 Å². The van der Waals surface area contributed by atoms with E-state index in [0.717, 1.165) is 23.7 Å². The van der Waals surface area contributed by atoms with Gasteiger partial charge in [-0.25, -0.2) is 0 Å². The van der Waals surface area contributed by atoms with Crippen molar-refractivity contribution in [3.8, 4) is 0 Å². The van der Waals surface area contributed by atoms with Crippen LogP contribution in [-0.4, -0.2) is 14.1 Å². The van der Waals surface area contributed by atoms with E-state index in [-0.39, 0.29) is 12.4 Å². The molecule has 20 heavy (non-hydrogen) atoms. The van der Waals surface area contributed by atoms with E-state index in [4.69, 9.17) is 11.6 Å². The van der Waals surface area contributed by atoms with Crippen LogP contribution in [0.2, 0.25) is 5.02 Å². The van der Waals surface area contributed by atoms with E-state index in [1.807, 2.05) is 38.4 Å². The molecule has 0 heterocycles. The molecule has 0 aromatic heterocycles. The number of rotatable bonds is 5. The highest BCUT2D eigenvalue weighted by Crippen LogP contribution is 2.15. The molecule has 0 atom stereocenters. The number of nitrogens with zero attached hydrogens (tertiary/aromatic N) is 1. The fraction of sp³-hybridized carbons (Fsp3) is 0.250. The van der Waals surface area contributed by atoms with Crippen LogP contribution in [0.1, 0.15) is 11.1 Å². The molecular formula is C16H20Cl2N2. The minimum atomic E-state index is 0. The Hall–Kier alpha value is -1.22. The van der Waals surface area contributed by atoms with Gasteiger partial charge in [0, 0.05) is 37.9 Å². The molecular weight excluding hydrogens is 291 g/mol. The Labute approximate surface area is 132 Å². The van der Waals surface area contributed by atoms with Crippen LogP contribution in [0.25, 0.3) is 0 Å². The summed E-state index contributed by atoms with van der Waals surface area (Å²) in [6.45, 7) is 1.63. The van der Waals surface area contributed by atoms with Crippen molar-refractivity contribution in [2.24, 2.45) is 0 Å². The van der Waals surface area contributed by atoms with Crippen molar-refractivity contribution in [3.63, 3.8) is 0 Å². The van der Waals surface area contributed by atoms with Crippen molar-refractivity contribution in [3.05, 3.63) is 64.7 Å². The second-order valence-electron chi connectivity index (χ2n) is 4.76. The summed E-state index contributed by atoms with van der Waals surface area (Å²) < 4.78 is 0. The molecule has 2 aromatic carbocycles. The third kappa shape index (κ3) is 4.71. The molecule has 4 heteroatoms. The van der Waals surface area contributed by atoms with Gasteiger partial charge in [-0.05, 0) is 29.3 Å². The molecule has 0 bridgehead atoms. The van der Waals surface area contributed by atoms with Crippen molar-refractivity contribution in [1.29, 1.82) is 0 Å². The van der Waals surface area contributed by atoms with Crippen molar-refractivity contribution in [2.45, 2.75) is 13.1 Å². The van der Waals surface area contributed by atoms with Crippen LogP contribution in [0.15, 0.2) is 48.5 Å². The maximum absolute atomic E-state index is 6.12. The van der Waals surface area contributed by atoms with Crippen molar-refractivity contribution >= 4 is 29.7 Å². The molecule has 2 aromatic rings. The molecule has 0 saturated carbocycles. The standard InChI is InChI=1S/C16H19ClN2.ClH/c1-19(2)15-9-7-13(8-10-15)11-18-12-14-5-3-4-6-16(14)17;/h3-10,18H,11-12H2,1-2H3;1H. The second-order valence-corrected chi connectivity index (χ2v) is 5.16. The first-order valence-electron chi connectivity index (χ1n) is 6.37. The SMILES string of the molecule is CN(C)c1ccc(CNCc2ccccc2Cl)cc1.Cl. The highest BCUT2D eigenvalue weighted by atomic mass is 35.5. The van der Waals surface area contributed by atoms with Gasteiger partial charge in [0.05, 0.1) is 0 Å². The highest BCUT2D eigenvalue weighted by molar-refractivity contribution is 6.31. The molecule has 1 N–H and O–H groups in total. The molecule has 0 aliphatic rings. The Balaban J connectivity index is 0.00000200. The third-order valence-electron chi connectivity index (χ3n) is 3.06. The number of hydrogen-bond acceptors (Lipinski definition) is 2. The Kier molecular flexibility index (Phi) is 6.86. The van der Waals surface area contributed by atoms with Gasteiger partial charge in [-0.1, -0.05) is 41.9 Å². The van der Waals surface area contributed by atoms with Crippen LogP contribution < -0.4 is 10.2 Å². The van der Waals surface area contributed by atoms with Crippen molar-refractivity contribution in [1.82, 2.24) is 5.32 Å². The maximum Gasteiger partial charge on any atom is 0.0450 e. The lowest BCUT2D eigenvalue weighted by Crippen LogP contribution is -2.13. The molecule has 0 aliphatic carbocycles. The summed E-state index contributed by atoms with van der Waals surface area (Å²) in [6.07, 6.45) is 0. The lowest BCUT2D eigenvalue weighted by atomic mass is 10.2. The fourth-order valence-corrected chi connectivity index (χ4v) is 2.10. The van der Waals surface area contributed by atoms with Gasteiger partial charge >= 0.3 is 0 Å². The number of halogens is 2. The van der Waals surface area contributed by atoms with Crippen LogP contribution in [0.5, 0.6) is 0 Å². The van der Waals surface area contributed by atoms with Crippen LogP contribution in [0.3, 0.4) is 0 Å². The molecule has 108 valence electrons. The van der Waals surface area contributed by atoms with Gasteiger partial charge in [0.15, 0.2) is 0 Å². The topological polar surface area (TPSA) is 15.3 Å². The predicted molar refractivity (Wildman–Crippen MR) is 90.0 cm³/mol. The first-order chi connectivity index (χ1) is 9.16. The Morgan fingerprint density at radius 1 is 0.950 bits per heavy atom. The van der Waals surface area contributed by atoms with Crippen molar-refractivity contribution in [2.75, 3.05) is 19.0 Å². The molecule has 0 spiro atoms. The zero-order valence-corrected chi connectivity index (χ0v) is 13.3. The van der Waals surface area contributed by atoms with E-state index >= 15 is 0 Å². The van der Waals surface area contributed by atoms with E-state index in [9.17, 15) is 0 Å². The molecule has 0 unspecified atom stereocenters. The smallest absolute Gasteiger partial charge is 0.0450 e. The van der Waals surface area contributed by atoms with Crippen LogP contribution >= 0.6 is 24.0 Å². The lowest BCUT2D eigenvalue weighted by molar-refractivity contribution is 0.693. The molecule has 2 rings (SSSR count). The Morgan fingerprint density at radius 3 is 2.20 bits per heavy atom. The monoisotopic (exact) mass is 310 g/mol. The fourth-order valence-electron chi connectivity index (χ4n) is 1.90. The minimum Gasteiger partial charge on any atom is -0.378 e. The number of hydrogen-bond donors (Lipinski definition) is 1. The van der Waals surface area contributed by atoms with E-state index in [0.29, 0.717) is 0 Å². The van der Waals surface area contributed by atoms with Gasteiger partial charge in [0.25, 0.3) is 0 Å². The van der Waals surface area contributed by atoms with E-state index in [1.165, 1.54) is 11.3 Å². The van der Waals surface area contributed by atoms with Crippen LogP contribution in [-0.2, 0) is 13.1 Å². The average Bonchev–Trinajstić information content (AvgIpc) is 2.41. The van der Waals surface area contributed by atoms with Crippen LogP contribution in [0, 0.1) is 0 Å². The van der Waals surface area contributed by atoms with Crippen molar-refractivity contribution < 1.29 is 0 Å². The second kappa shape index (κ2) is 8.15. The minimum absolute atomic E-state index is 0. The molecule has 0 aliphatic heterocycles. The van der Waals surface area contributed by atoms with Gasteiger partial charge in [0.2, 0.25) is 0 Å². The molecule has 2 nitrogen and oxygen atoms in total. The summed E-state index contributed by atoms with van der Waals surface area (Å²) in [5.74, 6) is 0. The lowest BCUT2D eigenvalue weighted by Gasteiger charge is -2.13. The normalized spacial score (nSPS) is 9.95. The van der Waals surface area contributed by atoms with Crippen LogP contribution in [0.4, 0.5) is 5.69 Å². The summed E-state index contributed by atoms with van der Waals surface area (Å²) in [5.41, 5.74) is 3.63. The zero-order chi connectivity index (χ0) is 13.7. The molecule has 0 saturated heterocycles. The van der Waals surface area contributed by atoms with Gasteiger partial charge in [-0.3, -0.25) is 0 Å². The predicted octanol–water partition coefficient (Wildman–Crippen LogP) is 4.12. The number of benzene rings is 2. The summed E-state index contributed by atoms with van der Waals surface area (Å²) in [7, 11) is 4.09. The first-order valence-corrected chi connectivity index (χ1v) is 6.75. The summed E-state index contributed by atoms with van der Waals surface area (Å²) >= 11 is 6.12. The summed E-state index contributed by atoms with van der Waals surface area (Å²) in [5, 5.41) is 4.23. The number of anilines is 1. The third-order valence-corrected chi connectivity index (χ3v) is 3.42. The van der Waals surface area contributed by atoms with Gasteiger partial charge in [-0.2, -0.15) is 0 Å². The van der Waals surface area contributed by atoms with Gasteiger partial charge in [0.1, 0.15) is 0 Å². The average molecular weight is 311 g/mol. The summed E-state index contributed by atoms with van der Waals surface area (Å²) in [4.78, 5) is 2.10. The quantitative estimate of drug-likeness (QED) is 0.893. The maximum atomic E-state index is 6.12. The first kappa shape index (κ1) is 16.8. The zero-order valence-electron chi connectivity index (χ0n) is 11.8. The molecule has 0 radical (unpaired) electrons. The molecule has 0 fully saturated rings. The van der Waals surface area contributed by atoms with Gasteiger partial charge < -0.3 is 10.2 Å². The highest BCUT2D eigenvalue weighted by Gasteiger charge is 1.99. The Morgan fingerprint density at radius 2 is 1.60 bits per heavy atom. The van der Waals surface area contributed by atoms with Gasteiger partial charge in [-0.15, -0.1) is 12.4 Å². The van der Waals surface area contributed by atoms with E-state index in [1.54, 1.807) is 0 Å².